The molecule has 0 radical (unpaired) electrons. The van der Waals surface area contributed by atoms with Crippen LogP contribution < -0.4 is 5.32 Å². The Bertz CT molecular complexity index is 544. The van der Waals surface area contributed by atoms with Gasteiger partial charge in [-0.2, -0.15) is 0 Å². The van der Waals surface area contributed by atoms with Crippen LogP contribution in [0.5, 0.6) is 0 Å². The quantitative estimate of drug-likeness (QED) is 0.810. The van der Waals surface area contributed by atoms with E-state index in [-0.39, 0.29) is 0 Å². The zero-order chi connectivity index (χ0) is 12.3. The van der Waals surface area contributed by atoms with Gasteiger partial charge in [-0.05, 0) is 31.5 Å². The molecule has 0 bridgehead atoms. The summed E-state index contributed by atoms with van der Waals surface area (Å²) in [6.45, 7) is 9.67. The van der Waals surface area contributed by atoms with E-state index >= 15 is 0 Å². The Morgan fingerprint density at radius 2 is 2.12 bits per heavy atom. The van der Waals surface area contributed by atoms with Crippen LogP contribution in [-0.2, 0) is 6.54 Å². The minimum Gasteiger partial charge on any atom is -0.309 e. The molecule has 17 heavy (non-hydrogen) atoms. The molecule has 2 rings (SSSR count). The van der Waals surface area contributed by atoms with Crippen molar-refractivity contribution in [2.75, 3.05) is 6.54 Å². The summed E-state index contributed by atoms with van der Waals surface area (Å²) in [6, 6.07) is 10.4. The predicted octanol–water partition coefficient (Wildman–Crippen LogP) is 3.21. The fourth-order valence-electron chi connectivity index (χ4n) is 1.95. The lowest BCUT2D eigenvalue weighted by atomic mass is 10.1. The largest absolute Gasteiger partial charge is 0.309 e. The molecule has 2 aromatic rings. The first-order valence-corrected chi connectivity index (χ1v) is 5.87. The average Bonchev–Trinajstić information content (AvgIpc) is 2.28. The summed E-state index contributed by atoms with van der Waals surface area (Å²) in [7, 11) is 0. The first-order chi connectivity index (χ1) is 8.16. The van der Waals surface area contributed by atoms with Crippen molar-refractivity contribution in [3.8, 4) is 0 Å². The molecular formula is C15H18N2. The highest BCUT2D eigenvalue weighted by Crippen LogP contribution is 2.17. The second kappa shape index (κ2) is 5.11. The van der Waals surface area contributed by atoms with E-state index in [2.05, 4.69) is 41.1 Å². The summed E-state index contributed by atoms with van der Waals surface area (Å²) >= 11 is 0. The molecular weight excluding hydrogens is 208 g/mol. The molecule has 1 aromatic carbocycles. The third kappa shape index (κ3) is 2.92. The number of fused-ring (bicyclic) bond motifs is 1. The van der Waals surface area contributed by atoms with Crippen molar-refractivity contribution >= 4 is 10.9 Å². The van der Waals surface area contributed by atoms with E-state index in [0.29, 0.717) is 0 Å². The molecule has 0 spiro atoms. The van der Waals surface area contributed by atoms with E-state index in [4.69, 9.17) is 0 Å². The lowest BCUT2D eigenvalue weighted by molar-refractivity contribution is 0.743. The SMILES string of the molecule is C=C(C)CNCc1cc(C)nc2ccccc12. The number of nitrogens with zero attached hydrogens (tertiary/aromatic N) is 1. The maximum absolute atomic E-state index is 4.53. The van der Waals surface area contributed by atoms with Gasteiger partial charge in [-0.25, -0.2) is 0 Å². The van der Waals surface area contributed by atoms with Gasteiger partial charge >= 0.3 is 0 Å². The van der Waals surface area contributed by atoms with Crippen molar-refractivity contribution in [1.29, 1.82) is 0 Å². The average molecular weight is 226 g/mol. The van der Waals surface area contributed by atoms with E-state index < -0.39 is 0 Å². The highest BCUT2D eigenvalue weighted by molar-refractivity contribution is 5.82. The molecule has 88 valence electrons. The summed E-state index contributed by atoms with van der Waals surface area (Å²) in [5.41, 5.74) is 4.59. The topological polar surface area (TPSA) is 24.9 Å². The van der Waals surface area contributed by atoms with Gasteiger partial charge in [0.15, 0.2) is 0 Å². The van der Waals surface area contributed by atoms with Crippen molar-refractivity contribution in [3.05, 3.63) is 53.7 Å². The van der Waals surface area contributed by atoms with Crippen LogP contribution in [0.15, 0.2) is 42.5 Å². The Morgan fingerprint density at radius 3 is 2.88 bits per heavy atom. The highest BCUT2D eigenvalue weighted by Gasteiger charge is 2.02. The van der Waals surface area contributed by atoms with Gasteiger partial charge in [-0.1, -0.05) is 30.4 Å². The minimum absolute atomic E-state index is 0.857. The van der Waals surface area contributed by atoms with Crippen molar-refractivity contribution in [1.82, 2.24) is 10.3 Å². The lowest BCUT2D eigenvalue weighted by Gasteiger charge is -2.09. The number of nitrogens with one attached hydrogen (secondary N) is 1. The normalized spacial score (nSPS) is 10.7. The molecule has 2 heteroatoms. The Hall–Kier alpha value is -1.67. The second-order valence-corrected chi connectivity index (χ2v) is 4.50. The first kappa shape index (κ1) is 11.8. The molecule has 0 fully saturated rings. The Morgan fingerprint density at radius 1 is 1.35 bits per heavy atom. The van der Waals surface area contributed by atoms with Gasteiger partial charge in [0, 0.05) is 24.2 Å². The predicted molar refractivity (Wildman–Crippen MR) is 73.0 cm³/mol. The second-order valence-electron chi connectivity index (χ2n) is 4.50. The number of aromatic nitrogens is 1. The van der Waals surface area contributed by atoms with E-state index in [9.17, 15) is 0 Å². The lowest BCUT2D eigenvalue weighted by Crippen LogP contribution is -2.15. The zero-order valence-corrected chi connectivity index (χ0v) is 10.5. The molecule has 0 unspecified atom stereocenters. The maximum Gasteiger partial charge on any atom is 0.0708 e. The highest BCUT2D eigenvalue weighted by atomic mass is 14.8. The summed E-state index contributed by atoms with van der Waals surface area (Å²) in [5.74, 6) is 0. The number of hydrogen-bond acceptors (Lipinski definition) is 2. The number of hydrogen-bond donors (Lipinski definition) is 1. The van der Waals surface area contributed by atoms with Crippen molar-refractivity contribution in [2.45, 2.75) is 20.4 Å². The number of para-hydroxylation sites is 1. The van der Waals surface area contributed by atoms with E-state index in [0.717, 1.165) is 29.9 Å². The molecule has 0 atom stereocenters. The molecule has 2 nitrogen and oxygen atoms in total. The monoisotopic (exact) mass is 226 g/mol. The molecule has 0 aliphatic rings. The molecule has 0 aliphatic carbocycles. The Kier molecular flexibility index (Phi) is 3.55. The van der Waals surface area contributed by atoms with Gasteiger partial charge in [0.1, 0.15) is 0 Å². The summed E-state index contributed by atoms with van der Waals surface area (Å²) < 4.78 is 0. The third-order valence-electron chi connectivity index (χ3n) is 2.67. The summed E-state index contributed by atoms with van der Waals surface area (Å²) in [5, 5.41) is 4.62. The van der Waals surface area contributed by atoms with Gasteiger partial charge in [0.25, 0.3) is 0 Å². The molecule has 1 heterocycles. The van der Waals surface area contributed by atoms with Crippen molar-refractivity contribution in [3.63, 3.8) is 0 Å². The van der Waals surface area contributed by atoms with Gasteiger partial charge in [0.05, 0.1) is 5.52 Å². The molecule has 0 saturated heterocycles. The van der Waals surface area contributed by atoms with E-state index in [1.807, 2.05) is 19.9 Å². The number of rotatable bonds is 4. The van der Waals surface area contributed by atoms with Gasteiger partial charge < -0.3 is 5.32 Å². The molecule has 0 saturated carbocycles. The van der Waals surface area contributed by atoms with Gasteiger partial charge in [-0.15, -0.1) is 0 Å². The summed E-state index contributed by atoms with van der Waals surface area (Å²) in [4.78, 5) is 4.53. The fourth-order valence-corrected chi connectivity index (χ4v) is 1.95. The fraction of sp³-hybridized carbons (Fsp3) is 0.267. The molecule has 1 aromatic heterocycles. The van der Waals surface area contributed by atoms with E-state index in [1.165, 1.54) is 10.9 Å². The number of aryl methyl sites for hydroxylation is 1. The number of pyridine rings is 1. The Balaban J connectivity index is 2.29. The molecule has 0 aliphatic heterocycles. The van der Waals surface area contributed by atoms with Crippen molar-refractivity contribution in [2.24, 2.45) is 0 Å². The smallest absolute Gasteiger partial charge is 0.0708 e. The van der Waals surface area contributed by atoms with E-state index in [1.54, 1.807) is 0 Å². The summed E-state index contributed by atoms with van der Waals surface area (Å²) in [6.07, 6.45) is 0. The van der Waals surface area contributed by atoms with Crippen LogP contribution in [0.4, 0.5) is 0 Å². The van der Waals surface area contributed by atoms with Gasteiger partial charge in [-0.3, -0.25) is 4.98 Å². The molecule has 0 amide bonds. The molecule has 1 N–H and O–H groups in total. The third-order valence-corrected chi connectivity index (χ3v) is 2.67. The zero-order valence-electron chi connectivity index (χ0n) is 10.5. The van der Waals surface area contributed by atoms with Crippen molar-refractivity contribution < 1.29 is 0 Å². The van der Waals surface area contributed by atoms with Crippen LogP contribution in [0.1, 0.15) is 18.2 Å². The number of benzene rings is 1. The van der Waals surface area contributed by atoms with Crippen LogP contribution in [0, 0.1) is 6.92 Å². The van der Waals surface area contributed by atoms with Crippen LogP contribution in [0.2, 0.25) is 0 Å². The van der Waals surface area contributed by atoms with Crippen LogP contribution >= 0.6 is 0 Å². The minimum atomic E-state index is 0.857. The van der Waals surface area contributed by atoms with Gasteiger partial charge in [0.2, 0.25) is 0 Å². The van der Waals surface area contributed by atoms with Crippen LogP contribution in [-0.4, -0.2) is 11.5 Å². The van der Waals surface area contributed by atoms with Crippen LogP contribution in [0.25, 0.3) is 10.9 Å². The van der Waals surface area contributed by atoms with Crippen LogP contribution in [0.3, 0.4) is 0 Å². The maximum atomic E-state index is 4.53. The standard InChI is InChI=1S/C15H18N2/c1-11(2)9-16-10-13-8-12(3)17-15-7-5-4-6-14(13)15/h4-8,16H,1,9-10H2,2-3H3. The first-order valence-electron chi connectivity index (χ1n) is 5.87. The Labute approximate surface area is 102 Å².